The first-order chi connectivity index (χ1) is 8.65. The van der Waals surface area contributed by atoms with Gasteiger partial charge in [0.25, 0.3) is 0 Å². The number of hydrogen-bond acceptors (Lipinski definition) is 4. The highest BCUT2D eigenvalue weighted by Crippen LogP contribution is 1.99. The predicted octanol–water partition coefficient (Wildman–Crippen LogP) is 0.696. The molecule has 0 aliphatic heterocycles. The molecule has 102 valence electrons. The number of carbonyl (C=O) groups is 2. The molecule has 0 aromatic carbocycles. The van der Waals surface area contributed by atoms with E-state index in [4.69, 9.17) is 11.3 Å². The van der Waals surface area contributed by atoms with Crippen molar-refractivity contribution >= 4 is 11.8 Å². The third kappa shape index (κ3) is 7.48. The number of amides is 2. The van der Waals surface area contributed by atoms with Gasteiger partial charge in [-0.05, 0) is 11.6 Å². The first-order valence-corrected chi connectivity index (χ1v) is 5.97. The van der Waals surface area contributed by atoms with E-state index >= 15 is 0 Å². The van der Waals surface area contributed by atoms with Gasteiger partial charge in [-0.25, -0.2) is 4.79 Å². The van der Waals surface area contributed by atoms with Crippen molar-refractivity contribution in [2.45, 2.75) is 32.6 Å². The third-order valence-electron chi connectivity index (χ3n) is 2.19. The van der Waals surface area contributed by atoms with Gasteiger partial charge in [0.15, 0.2) is 0 Å². The van der Waals surface area contributed by atoms with Gasteiger partial charge in [0.1, 0.15) is 0 Å². The minimum Gasteiger partial charge on any atom is -0.355 e. The Morgan fingerprint density at radius 3 is 2.72 bits per heavy atom. The van der Waals surface area contributed by atoms with Crippen molar-refractivity contribution in [1.29, 1.82) is 0 Å². The molecule has 0 unspecified atom stereocenters. The molecule has 0 radical (unpaired) electrons. The van der Waals surface area contributed by atoms with E-state index in [1.54, 1.807) is 0 Å². The fourth-order valence-corrected chi connectivity index (χ4v) is 1.23. The first-order valence-electron chi connectivity index (χ1n) is 5.97. The van der Waals surface area contributed by atoms with Crippen molar-refractivity contribution < 1.29 is 9.59 Å². The summed E-state index contributed by atoms with van der Waals surface area (Å²) in [4.78, 5) is 25.4. The van der Waals surface area contributed by atoms with Gasteiger partial charge in [-0.15, -0.1) is 5.53 Å². The summed E-state index contributed by atoms with van der Waals surface area (Å²) in [7, 11) is 0. The quantitative estimate of drug-likeness (QED) is 0.273. The van der Waals surface area contributed by atoms with Crippen LogP contribution in [0.5, 0.6) is 0 Å². The lowest BCUT2D eigenvalue weighted by atomic mass is 10.3. The normalized spacial score (nSPS) is 9.44. The van der Waals surface area contributed by atoms with Crippen molar-refractivity contribution in [3.63, 3.8) is 0 Å². The zero-order chi connectivity index (χ0) is 13.8. The molecule has 0 aliphatic carbocycles. The second-order valence-electron chi connectivity index (χ2n) is 3.69. The van der Waals surface area contributed by atoms with Crippen LogP contribution in [-0.2, 0) is 9.59 Å². The van der Waals surface area contributed by atoms with Crippen LogP contribution in [0.25, 0.3) is 10.4 Å². The third-order valence-corrected chi connectivity index (χ3v) is 2.19. The van der Waals surface area contributed by atoms with E-state index < -0.39 is 0 Å². The predicted molar refractivity (Wildman–Crippen MR) is 67.1 cm³/mol. The van der Waals surface area contributed by atoms with Crippen LogP contribution in [0.2, 0.25) is 0 Å². The Hall–Kier alpha value is -1.79. The summed E-state index contributed by atoms with van der Waals surface area (Å²) in [6, 6.07) is 0. The summed E-state index contributed by atoms with van der Waals surface area (Å²) in [5.74, 6) is -0.483. The Morgan fingerprint density at radius 1 is 1.44 bits per heavy atom. The molecule has 0 bridgehead atoms. The minimum absolute atomic E-state index is 0.110. The van der Waals surface area contributed by atoms with Gasteiger partial charge in [0.05, 0.1) is 13.0 Å². The van der Waals surface area contributed by atoms with Crippen molar-refractivity contribution in [1.82, 2.24) is 10.3 Å². The van der Waals surface area contributed by atoms with Crippen LogP contribution in [0.1, 0.15) is 32.6 Å². The van der Waals surface area contributed by atoms with Gasteiger partial charge in [-0.2, -0.15) is 9.92 Å². The molecule has 8 heteroatoms. The van der Waals surface area contributed by atoms with E-state index in [0.29, 0.717) is 6.54 Å². The maximum Gasteiger partial charge on any atom is 0.314 e. The molecule has 0 rings (SSSR count). The summed E-state index contributed by atoms with van der Waals surface area (Å²) in [6.45, 7) is 2.88. The Labute approximate surface area is 106 Å². The SMILES string of the molecule is CCCCN(N=[N+]=[N-])C(=O)CCNC(=O)CCN. The lowest BCUT2D eigenvalue weighted by Crippen LogP contribution is -2.32. The molecule has 8 nitrogen and oxygen atoms in total. The van der Waals surface area contributed by atoms with Crippen LogP contribution in [-0.4, -0.2) is 36.5 Å². The average molecular weight is 256 g/mol. The van der Waals surface area contributed by atoms with E-state index in [1.807, 2.05) is 6.92 Å². The molecular weight excluding hydrogens is 236 g/mol. The lowest BCUT2D eigenvalue weighted by Gasteiger charge is -2.11. The molecule has 0 aromatic rings. The standard InChI is InChI=1S/C10H20N6O2/c1-2-3-8-16(15-14-12)10(18)5-7-13-9(17)4-6-11/h2-8,11H2,1H3,(H,13,17). The maximum absolute atomic E-state index is 11.7. The van der Waals surface area contributed by atoms with Crippen LogP contribution in [0.15, 0.2) is 5.22 Å². The largest absolute Gasteiger partial charge is 0.355 e. The van der Waals surface area contributed by atoms with E-state index in [0.717, 1.165) is 17.9 Å². The van der Waals surface area contributed by atoms with Crippen molar-refractivity contribution in [3.05, 3.63) is 10.4 Å². The molecular formula is C10H20N6O2. The fraction of sp³-hybridized carbons (Fsp3) is 0.800. The topological polar surface area (TPSA) is 124 Å². The lowest BCUT2D eigenvalue weighted by molar-refractivity contribution is -0.131. The average Bonchev–Trinajstić information content (AvgIpc) is 2.34. The molecule has 0 aromatic heterocycles. The Morgan fingerprint density at radius 2 is 2.17 bits per heavy atom. The van der Waals surface area contributed by atoms with Gasteiger partial charge < -0.3 is 11.1 Å². The second kappa shape index (κ2) is 10.4. The van der Waals surface area contributed by atoms with Gasteiger partial charge >= 0.3 is 5.91 Å². The monoisotopic (exact) mass is 256 g/mol. The zero-order valence-corrected chi connectivity index (χ0v) is 10.6. The van der Waals surface area contributed by atoms with Crippen LogP contribution in [0.4, 0.5) is 0 Å². The number of hydrogen-bond donors (Lipinski definition) is 2. The van der Waals surface area contributed by atoms with Gasteiger partial charge in [-0.1, -0.05) is 13.3 Å². The minimum atomic E-state index is -0.297. The van der Waals surface area contributed by atoms with E-state index in [2.05, 4.69) is 15.5 Å². The van der Waals surface area contributed by atoms with E-state index in [-0.39, 0.29) is 37.7 Å². The van der Waals surface area contributed by atoms with E-state index in [9.17, 15) is 9.59 Å². The van der Waals surface area contributed by atoms with Crippen LogP contribution >= 0.6 is 0 Å². The maximum atomic E-state index is 11.7. The summed E-state index contributed by atoms with van der Waals surface area (Å²) in [6.07, 6.45) is 2.02. The highest BCUT2D eigenvalue weighted by atomic mass is 16.2. The van der Waals surface area contributed by atoms with Gasteiger partial charge in [0.2, 0.25) is 5.91 Å². The molecule has 0 aliphatic rings. The smallest absolute Gasteiger partial charge is 0.314 e. The van der Waals surface area contributed by atoms with Crippen LogP contribution in [0.3, 0.4) is 0 Å². The number of rotatable bonds is 9. The van der Waals surface area contributed by atoms with Crippen LogP contribution in [0, 0.1) is 0 Å². The first kappa shape index (κ1) is 16.2. The number of nitrogens with one attached hydrogen (secondary N) is 1. The Balaban J connectivity index is 4.02. The molecule has 2 amide bonds. The molecule has 0 heterocycles. The van der Waals surface area contributed by atoms with Crippen molar-refractivity contribution in [2.75, 3.05) is 19.6 Å². The van der Waals surface area contributed by atoms with Gasteiger partial charge in [-0.3, -0.25) is 4.79 Å². The van der Waals surface area contributed by atoms with Crippen molar-refractivity contribution in [2.24, 2.45) is 11.0 Å². The molecule has 0 saturated heterocycles. The molecule has 0 saturated carbocycles. The number of azide groups is 1. The molecule has 18 heavy (non-hydrogen) atoms. The molecule has 3 N–H and O–H groups in total. The summed E-state index contributed by atoms with van der Waals surface area (Å²) < 4.78 is 0. The van der Waals surface area contributed by atoms with Crippen molar-refractivity contribution in [3.8, 4) is 0 Å². The second-order valence-corrected chi connectivity index (χ2v) is 3.69. The number of nitrogens with zero attached hydrogens (tertiary/aromatic N) is 4. The summed E-state index contributed by atoms with van der Waals surface area (Å²) >= 11 is 0. The highest BCUT2D eigenvalue weighted by Gasteiger charge is 2.15. The van der Waals surface area contributed by atoms with E-state index in [1.165, 1.54) is 0 Å². The zero-order valence-electron chi connectivity index (χ0n) is 10.6. The molecule has 0 spiro atoms. The number of carbonyl (C=O) groups excluding carboxylic acids is 2. The Kier molecular flexibility index (Phi) is 9.34. The summed E-state index contributed by atoms with van der Waals surface area (Å²) in [5, 5.41) is 6.99. The highest BCUT2D eigenvalue weighted by molar-refractivity contribution is 5.78. The number of nitrogens with two attached hydrogens (primary N) is 1. The number of unbranched alkanes of at least 4 members (excludes halogenated alkanes) is 1. The van der Waals surface area contributed by atoms with Gasteiger partial charge in [0, 0.05) is 19.5 Å². The summed E-state index contributed by atoms with van der Waals surface area (Å²) in [5.41, 5.74) is 13.6. The Bertz CT molecular complexity index is 313. The van der Waals surface area contributed by atoms with Crippen LogP contribution < -0.4 is 11.1 Å². The fourth-order valence-electron chi connectivity index (χ4n) is 1.23. The molecule has 0 atom stereocenters. The molecule has 0 fully saturated rings.